The van der Waals surface area contributed by atoms with E-state index in [9.17, 15) is 4.79 Å². The van der Waals surface area contributed by atoms with Crippen LogP contribution in [0.1, 0.15) is 19.8 Å². The number of hydrogen-bond donors (Lipinski definition) is 2. The second-order valence-corrected chi connectivity index (χ2v) is 5.74. The average molecular weight is 261 g/mol. The normalized spacial score (nSPS) is 22.9. The first-order chi connectivity index (χ1) is 9.01. The van der Waals surface area contributed by atoms with E-state index in [0.29, 0.717) is 0 Å². The quantitative estimate of drug-likeness (QED) is 0.875. The summed E-state index contributed by atoms with van der Waals surface area (Å²) in [5.74, 6) is 0.107. The molecule has 0 radical (unpaired) electrons. The predicted octanol–water partition coefficient (Wildman–Crippen LogP) is 2.08. The van der Waals surface area contributed by atoms with Gasteiger partial charge in [0, 0.05) is 32.0 Å². The molecule has 4 nitrogen and oxygen atoms in total. The number of anilines is 2. The molecular weight excluding hydrogens is 238 g/mol. The van der Waals surface area contributed by atoms with Crippen LogP contribution in [0.5, 0.6) is 0 Å². The first-order valence-corrected chi connectivity index (χ1v) is 6.81. The van der Waals surface area contributed by atoms with Gasteiger partial charge in [-0.25, -0.2) is 0 Å². The molecule has 2 N–H and O–H groups in total. The Morgan fingerprint density at radius 1 is 1.42 bits per heavy atom. The van der Waals surface area contributed by atoms with Crippen LogP contribution < -0.4 is 15.5 Å². The van der Waals surface area contributed by atoms with Crippen LogP contribution in [0.15, 0.2) is 24.3 Å². The molecule has 1 unspecified atom stereocenters. The summed E-state index contributed by atoms with van der Waals surface area (Å²) < 4.78 is 0. The van der Waals surface area contributed by atoms with E-state index in [1.807, 2.05) is 50.2 Å². The van der Waals surface area contributed by atoms with Crippen molar-refractivity contribution >= 4 is 17.3 Å². The Bertz CT molecular complexity index is 450. The van der Waals surface area contributed by atoms with Gasteiger partial charge in [-0.15, -0.1) is 0 Å². The summed E-state index contributed by atoms with van der Waals surface area (Å²) in [7, 11) is 3.99. The summed E-state index contributed by atoms with van der Waals surface area (Å²) in [5, 5.41) is 6.34. The summed E-state index contributed by atoms with van der Waals surface area (Å²) in [4.78, 5) is 14.4. The van der Waals surface area contributed by atoms with Crippen LogP contribution in [0.4, 0.5) is 11.4 Å². The van der Waals surface area contributed by atoms with Crippen LogP contribution in [0.3, 0.4) is 0 Å². The molecule has 1 aliphatic rings. The van der Waals surface area contributed by atoms with Crippen molar-refractivity contribution < 1.29 is 4.79 Å². The summed E-state index contributed by atoms with van der Waals surface area (Å²) >= 11 is 0. The van der Waals surface area contributed by atoms with Crippen molar-refractivity contribution in [1.82, 2.24) is 5.32 Å². The van der Waals surface area contributed by atoms with Gasteiger partial charge in [-0.05, 0) is 44.5 Å². The van der Waals surface area contributed by atoms with Gasteiger partial charge in [0.1, 0.15) is 0 Å². The third kappa shape index (κ3) is 3.26. The fourth-order valence-corrected chi connectivity index (χ4v) is 2.39. The summed E-state index contributed by atoms with van der Waals surface area (Å²) in [6, 6.07) is 7.92. The van der Waals surface area contributed by atoms with Crippen LogP contribution in [0, 0.1) is 5.41 Å². The number of nitrogens with one attached hydrogen (secondary N) is 2. The van der Waals surface area contributed by atoms with Crippen molar-refractivity contribution in [2.75, 3.05) is 37.4 Å². The maximum Gasteiger partial charge on any atom is 0.231 e. The highest BCUT2D eigenvalue weighted by atomic mass is 16.2. The molecule has 19 heavy (non-hydrogen) atoms. The van der Waals surface area contributed by atoms with Crippen molar-refractivity contribution in [1.29, 1.82) is 0 Å². The van der Waals surface area contributed by atoms with Crippen molar-refractivity contribution in [2.24, 2.45) is 5.41 Å². The molecular formula is C15H23N3O. The number of nitrogens with zero attached hydrogens (tertiary/aromatic N) is 1. The maximum atomic E-state index is 12.4. The fourth-order valence-electron chi connectivity index (χ4n) is 2.39. The average Bonchev–Trinajstić information content (AvgIpc) is 2.40. The third-order valence-electron chi connectivity index (χ3n) is 3.77. The second kappa shape index (κ2) is 5.61. The third-order valence-corrected chi connectivity index (χ3v) is 3.77. The molecule has 4 heteroatoms. The monoisotopic (exact) mass is 261 g/mol. The Morgan fingerprint density at radius 2 is 2.21 bits per heavy atom. The van der Waals surface area contributed by atoms with Crippen LogP contribution >= 0.6 is 0 Å². The number of amides is 1. The van der Waals surface area contributed by atoms with E-state index in [0.717, 1.165) is 37.3 Å². The van der Waals surface area contributed by atoms with Crippen LogP contribution in [-0.2, 0) is 4.79 Å². The number of benzene rings is 1. The van der Waals surface area contributed by atoms with Gasteiger partial charge in [-0.3, -0.25) is 4.79 Å². The van der Waals surface area contributed by atoms with Gasteiger partial charge in [0.25, 0.3) is 0 Å². The lowest BCUT2D eigenvalue weighted by Gasteiger charge is -2.32. The zero-order valence-corrected chi connectivity index (χ0v) is 12.0. The van der Waals surface area contributed by atoms with Gasteiger partial charge in [0.05, 0.1) is 5.41 Å². The summed E-state index contributed by atoms with van der Waals surface area (Å²) in [6.07, 6.45) is 2.00. The van der Waals surface area contributed by atoms with E-state index in [-0.39, 0.29) is 11.3 Å². The SMILES string of the molecule is CN(C)c1cccc(NC(=O)C2(C)CCCNC2)c1. The second-order valence-electron chi connectivity index (χ2n) is 5.74. The first kappa shape index (κ1) is 13.9. The van der Waals surface area contributed by atoms with Crippen molar-refractivity contribution in [3.63, 3.8) is 0 Å². The largest absolute Gasteiger partial charge is 0.378 e. The first-order valence-electron chi connectivity index (χ1n) is 6.81. The molecule has 1 aromatic carbocycles. The van der Waals surface area contributed by atoms with E-state index < -0.39 is 0 Å². The Balaban J connectivity index is 2.08. The molecule has 1 heterocycles. The zero-order valence-electron chi connectivity index (χ0n) is 12.0. The minimum absolute atomic E-state index is 0.107. The molecule has 0 aromatic heterocycles. The number of carbonyl (C=O) groups excluding carboxylic acids is 1. The molecule has 1 amide bonds. The molecule has 1 fully saturated rings. The fraction of sp³-hybridized carbons (Fsp3) is 0.533. The zero-order chi connectivity index (χ0) is 13.9. The van der Waals surface area contributed by atoms with Gasteiger partial charge in [0.15, 0.2) is 0 Å². The smallest absolute Gasteiger partial charge is 0.231 e. The van der Waals surface area contributed by atoms with E-state index >= 15 is 0 Å². The molecule has 0 saturated carbocycles. The lowest BCUT2D eigenvalue weighted by Crippen LogP contribution is -2.46. The Morgan fingerprint density at radius 3 is 2.84 bits per heavy atom. The van der Waals surface area contributed by atoms with Crippen molar-refractivity contribution in [3.05, 3.63) is 24.3 Å². The summed E-state index contributed by atoms with van der Waals surface area (Å²) in [5.41, 5.74) is 1.65. The van der Waals surface area contributed by atoms with Gasteiger partial charge < -0.3 is 15.5 Å². The highest BCUT2D eigenvalue weighted by molar-refractivity contribution is 5.95. The topological polar surface area (TPSA) is 44.4 Å². The molecule has 1 atom stereocenters. The van der Waals surface area contributed by atoms with Crippen LogP contribution in [-0.4, -0.2) is 33.1 Å². The Labute approximate surface area is 115 Å². The highest BCUT2D eigenvalue weighted by Gasteiger charge is 2.34. The molecule has 1 aromatic rings. The lowest BCUT2D eigenvalue weighted by molar-refractivity contribution is -0.125. The Kier molecular flexibility index (Phi) is 4.10. The minimum Gasteiger partial charge on any atom is -0.378 e. The van der Waals surface area contributed by atoms with Crippen molar-refractivity contribution in [3.8, 4) is 0 Å². The van der Waals surface area contributed by atoms with E-state index in [1.165, 1.54) is 0 Å². The van der Waals surface area contributed by atoms with E-state index in [2.05, 4.69) is 10.6 Å². The molecule has 1 aliphatic heterocycles. The number of rotatable bonds is 3. The van der Waals surface area contributed by atoms with E-state index in [4.69, 9.17) is 0 Å². The van der Waals surface area contributed by atoms with Crippen LogP contribution in [0.25, 0.3) is 0 Å². The molecule has 1 saturated heterocycles. The standard InChI is InChI=1S/C15H23N3O/c1-15(8-5-9-16-11-15)14(19)17-12-6-4-7-13(10-12)18(2)3/h4,6-7,10,16H,5,8-9,11H2,1-3H3,(H,17,19). The van der Waals surface area contributed by atoms with E-state index in [1.54, 1.807) is 0 Å². The van der Waals surface area contributed by atoms with Gasteiger partial charge in [-0.2, -0.15) is 0 Å². The number of carbonyl (C=O) groups is 1. The highest BCUT2D eigenvalue weighted by Crippen LogP contribution is 2.28. The molecule has 0 aliphatic carbocycles. The van der Waals surface area contributed by atoms with Crippen LogP contribution in [0.2, 0.25) is 0 Å². The molecule has 0 spiro atoms. The minimum atomic E-state index is -0.299. The summed E-state index contributed by atoms with van der Waals surface area (Å²) in [6.45, 7) is 3.80. The predicted molar refractivity (Wildman–Crippen MR) is 79.6 cm³/mol. The maximum absolute atomic E-state index is 12.4. The lowest BCUT2D eigenvalue weighted by atomic mass is 9.82. The van der Waals surface area contributed by atoms with Gasteiger partial charge >= 0.3 is 0 Å². The van der Waals surface area contributed by atoms with Gasteiger partial charge in [-0.1, -0.05) is 6.07 Å². The molecule has 104 valence electrons. The number of piperidine rings is 1. The molecule has 2 rings (SSSR count). The number of hydrogen-bond acceptors (Lipinski definition) is 3. The van der Waals surface area contributed by atoms with Gasteiger partial charge in [0.2, 0.25) is 5.91 Å². The van der Waals surface area contributed by atoms with Crippen molar-refractivity contribution in [2.45, 2.75) is 19.8 Å². The molecule has 0 bridgehead atoms. The Hall–Kier alpha value is -1.55.